The Morgan fingerprint density at radius 2 is 1.85 bits per heavy atom. The van der Waals surface area contributed by atoms with Gasteiger partial charge in [0.2, 0.25) is 5.91 Å². The molecule has 3 N–H and O–H groups in total. The Morgan fingerprint density at radius 1 is 1.35 bits per heavy atom. The van der Waals surface area contributed by atoms with Crippen LogP contribution in [0.5, 0.6) is 0 Å². The summed E-state index contributed by atoms with van der Waals surface area (Å²) >= 11 is 2.97. The van der Waals surface area contributed by atoms with E-state index in [4.69, 9.17) is 5.73 Å². The van der Waals surface area contributed by atoms with Gasteiger partial charge in [0.15, 0.2) is 11.6 Å². The molecule has 3 nitrogen and oxygen atoms in total. The molecule has 0 aliphatic rings. The number of carbonyl (C=O) groups is 1. The molecule has 0 fully saturated rings. The largest absolute Gasteiger partial charge is 0.327 e. The van der Waals surface area contributed by atoms with Crippen LogP contribution in [0.3, 0.4) is 0 Å². The molecular weight excluding hydrogens is 330 g/mol. The maximum atomic E-state index is 13.6. The molecular formula is C14H19BrF2N2O. The summed E-state index contributed by atoms with van der Waals surface area (Å²) in [6, 6.07) is 1.83. The van der Waals surface area contributed by atoms with E-state index in [1.54, 1.807) is 0 Å². The molecule has 1 aromatic rings. The number of anilines is 1. The number of halogens is 3. The van der Waals surface area contributed by atoms with Gasteiger partial charge in [-0.15, -0.1) is 0 Å². The lowest BCUT2D eigenvalue weighted by Gasteiger charge is -2.22. The molecule has 0 saturated heterocycles. The zero-order chi connectivity index (χ0) is 15.5. The van der Waals surface area contributed by atoms with Gasteiger partial charge in [-0.3, -0.25) is 4.79 Å². The monoisotopic (exact) mass is 348 g/mol. The van der Waals surface area contributed by atoms with Gasteiger partial charge in [0, 0.05) is 16.9 Å². The quantitative estimate of drug-likeness (QED) is 0.868. The molecule has 0 aliphatic heterocycles. The summed E-state index contributed by atoms with van der Waals surface area (Å²) in [5, 5.41) is 2.23. The third-order valence-corrected chi connectivity index (χ3v) is 3.05. The van der Waals surface area contributed by atoms with E-state index in [0.29, 0.717) is 6.42 Å². The highest BCUT2D eigenvalue weighted by Crippen LogP contribution is 2.25. The number of nitrogens with two attached hydrogens (primary N) is 1. The zero-order valence-corrected chi connectivity index (χ0v) is 13.4. The standard InChI is InChI=1S/C14H19BrF2N2O/c1-14(2,3)7-9(18)6-12(20)19-13-10(16)4-8(15)5-11(13)17/h4-5,9H,6-7,18H2,1-3H3,(H,19,20). The molecule has 112 valence electrons. The van der Waals surface area contributed by atoms with Gasteiger partial charge in [0.05, 0.1) is 0 Å². The summed E-state index contributed by atoms with van der Waals surface area (Å²) < 4.78 is 27.4. The van der Waals surface area contributed by atoms with Crippen molar-refractivity contribution in [3.05, 3.63) is 28.2 Å². The maximum absolute atomic E-state index is 13.6. The van der Waals surface area contributed by atoms with Crippen LogP contribution in [0, 0.1) is 17.0 Å². The van der Waals surface area contributed by atoms with Crippen LogP contribution >= 0.6 is 15.9 Å². The molecule has 0 aliphatic carbocycles. The van der Waals surface area contributed by atoms with Crippen LogP contribution < -0.4 is 11.1 Å². The predicted octanol–water partition coefficient (Wildman–Crippen LogP) is 3.82. The van der Waals surface area contributed by atoms with Crippen molar-refractivity contribution < 1.29 is 13.6 Å². The Labute approximate surface area is 126 Å². The van der Waals surface area contributed by atoms with Crippen molar-refractivity contribution in [1.82, 2.24) is 0 Å². The maximum Gasteiger partial charge on any atom is 0.226 e. The molecule has 1 rings (SSSR count). The van der Waals surface area contributed by atoms with Gasteiger partial charge >= 0.3 is 0 Å². The average Bonchev–Trinajstić information content (AvgIpc) is 2.20. The van der Waals surface area contributed by atoms with E-state index >= 15 is 0 Å². The third kappa shape index (κ3) is 5.54. The number of hydrogen-bond donors (Lipinski definition) is 2. The fourth-order valence-electron chi connectivity index (χ4n) is 1.95. The Kier molecular flexibility index (Phi) is 5.65. The molecule has 0 saturated carbocycles. The Hall–Kier alpha value is -1.01. The van der Waals surface area contributed by atoms with Gasteiger partial charge in [-0.25, -0.2) is 8.78 Å². The number of carbonyl (C=O) groups excluding carboxylic acids is 1. The van der Waals surface area contributed by atoms with Crippen molar-refractivity contribution >= 4 is 27.5 Å². The highest BCUT2D eigenvalue weighted by Gasteiger charge is 2.20. The molecule has 0 bridgehead atoms. The molecule has 1 unspecified atom stereocenters. The van der Waals surface area contributed by atoms with Gasteiger partial charge in [-0.05, 0) is 24.0 Å². The summed E-state index contributed by atoms with van der Waals surface area (Å²) in [7, 11) is 0. The van der Waals surface area contributed by atoms with Crippen molar-refractivity contribution in [3.8, 4) is 0 Å². The summed E-state index contributed by atoms with van der Waals surface area (Å²) in [6.07, 6.45) is 0.665. The van der Waals surface area contributed by atoms with Crippen LogP contribution in [0.25, 0.3) is 0 Å². The fourth-order valence-corrected chi connectivity index (χ4v) is 2.35. The first kappa shape index (κ1) is 17.0. The molecule has 0 radical (unpaired) electrons. The molecule has 0 aromatic heterocycles. The predicted molar refractivity (Wildman–Crippen MR) is 79.4 cm³/mol. The van der Waals surface area contributed by atoms with Crippen molar-refractivity contribution in [2.75, 3.05) is 5.32 Å². The Bertz CT molecular complexity index is 477. The van der Waals surface area contributed by atoms with Gasteiger partial charge < -0.3 is 11.1 Å². The van der Waals surface area contributed by atoms with E-state index in [0.717, 1.165) is 12.1 Å². The first-order valence-electron chi connectivity index (χ1n) is 6.28. The SMILES string of the molecule is CC(C)(C)CC(N)CC(=O)Nc1c(F)cc(Br)cc1F. The second-order valence-corrected chi connectivity index (χ2v) is 6.94. The van der Waals surface area contributed by atoms with Gasteiger partial charge in [-0.1, -0.05) is 36.7 Å². The minimum Gasteiger partial charge on any atom is -0.327 e. The first-order chi connectivity index (χ1) is 9.08. The number of rotatable bonds is 4. The molecule has 1 atom stereocenters. The van der Waals surface area contributed by atoms with E-state index in [-0.39, 0.29) is 22.4 Å². The number of amides is 1. The van der Waals surface area contributed by atoms with E-state index in [1.807, 2.05) is 20.8 Å². The third-order valence-electron chi connectivity index (χ3n) is 2.59. The van der Waals surface area contributed by atoms with Crippen LogP contribution in [0.15, 0.2) is 16.6 Å². The second-order valence-electron chi connectivity index (χ2n) is 6.02. The molecule has 0 spiro atoms. The van der Waals surface area contributed by atoms with E-state index in [2.05, 4.69) is 21.2 Å². The molecule has 6 heteroatoms. The van der Waals surface area contributed by atoms with Crippen LogP contribution in [-0.2, 0) is 4.79 Å². The Morgan fingerprint density at radius 3 is 2.30 bits per heavy atom. The fraction of sp³-hybridized carbons (Fsp3) is 0.500. The molecule has 1 aromatic carbocycles. The van der Waals surface area contributed by atoms with Crippen LogP contribution in [0.1, 0.15) is 33.6 Å². The van der Waals surface area contributed by atoms with Crippen LogP contribution in [0.2, 0.25) is 0 Å². The minimum atomic E-state index is -0.824. The van der Waals surface area contributed by atoms with Gasteiger partial charge in [0.1, 0.15) is 5.69 Å². The smallest absolute Gasteiger partial charge is 0.226 e. The Balaban J connectivity index is 2.68. The number of nitrogens with one attached hydrogen (secondary N) is 1. The van der Waals surface area contributed by atoms with Crippen LogP contribution in [0.4, 0.5) is 14.5 Å². The van der Waals surface area contributed by atoms with Crippen molar-refractivity contribution in [2.45, 2.75) is 39.7 Å². The van der Waals surface area contributed by atoms with Crippen molar-refractivity contribution in [3.63, 3.8) is 0 Å². The van der Waals surface area contributed by atoms with Crippen LogP contribution in [-0.4, -0.2) is 11.9 Å². The normalized spacial score (nSPS) is 13.2. The molecule has 1 amide bonds. The summed E-state index contributed by atoms with van der Waals surface area (Å²) in [4.78, 5) is 11.8. The van der Waals surface area contributed by atoms with Gasteiger partial charge in [0.25, 0.3) is 0 Å². The zero-order valence-electron chi connectivity index (χ0n) is 11.8. The van der Waals surface area contributed by atoms with E-state index < -0.39 is 23.2 Å². The second kappa shape index (κ2) is 6.63. The lowest BCUT2D eigenvalue weighted by atomic mass is 9.87. The average molecular weight is 349 g/mol. The number of benzene rings is 1. The first-order valence-corrected chi connectivity index (χ1v) is 7.08. The summed E-state index contributed by atoms with van der Waals surface area (Å²) in [5.41, 5.74) is 5.41. The number of hydrogen-bond acceptors (Lipinski definition) is 2. The lowest BCUT2D eigenvalue weighted by Crippen LogP contribution is -2.31. The summed E-state index contributed by atoms with van der Waals surface area (Å²) in [5.74, 6) is -2.15. The van der Waals surface area contributed by atoms with E-state index in [9.17, 15) is 13.6 Å². The van der Waals surface area contributed by atoms with E-state index in [1.165, 1.54) is 0 Å². The van der Waals surface area contributed by atoms with Crippen molar-refractivity contribution in [2.24, 2.45) is 11.1 Å². The molecule has 0 heterocycles. The highest BCUT2D eigenvalue weighted by atomic mass is 79.9. The topological polar surface area (TPSA) is 55.1 Å². The highest BCUT2D eigenvalue weighted by molar-refractivity contribution is 9.10. The van der Waals surface area contributed by atoms with Gasteiger partial charge in [-0.2, -0.15) is 0 Å². The minimum absolute atomic E-state index is 0.00614. The van der Waals surface area contributed by atoms with Crippen molar-refractivity contribution in [1.29, 1.82) is 0 Å². The summed E-state index contributed by atoms with van der Waals surface area (Å²) in [6.45, 7) is 6.04. The molecule has 20 heavy (non-hydrogen) atoms. The lowest BCUT2D eigenvalue weighted by molar-refractivity contribution is -0.116.